The highest BCUT2D eigenvalue weighted by molar-refractivity contribution is 5.68. The quantitative estimate of drug-likeness (QED) is 0.730. The van der Waals surface area contributed by atoms with E-state index in [0.717, 1.165) is 16.9 Å². The molecule has 0 saturated heterocycles. The summed E-state index contributed by atoms with van der Waals surface area (Å²) in [5.41, 5.74) is 2.46. The van der Waals surface area contributed by atoms with Crippen molar-refractivity contribution in [3.8, 4) is 0 Å². The molecule has 2 heterocycles. The predicted molar refractivity (Wildman–Crippen MR) is 60.9 cm³/mol. The average molecular weight is 228 g/mol. The Kier molecular flexibility index (Phi) is 2.29. The Labute approximate surface area is 96.6 Å². The number of imidazole rings is 1. The van der Waals surface area contributed by atoms with Gasteiger partial charge in [0, 0.05) is 6.42 Å². The third-order valence-corrected chi connectivity index (χ3v) is 2.50. The summed E-state index contributed by atoms with van der Waals surface area (Å²) in [5, 5.41) is 0. The molecular formula is C12H9FN4. The number of H-pyrrole nitrogens is 1. The monoisotopic (exact) mass is 228 g/mol. The minimum Gasteiger partial charge on any atom is -0.339 e. The first-order valence-corrected chi connectivity index (χ1v) is 5.20. The first-order chi connectivity index (χ1) is 8.31. The average Bonchev–Trinajstić information content (AvgIpc) is 2.74. The largest absolute Gasteiger partial charge is 0.339 e. The maximum atomic E-state index is 12.8. The molecule has 5 heteroatoms. The van der Waals surface area contributed by atoms with Crippen molar-refractivity contribution in [1.29, 1.82) is 0 Å². The van der Waals surface area contributed by atoms with E-state index in [1.165, 1.54) is 18.5 Å². The summed E-state index contributed by atoms with van der Waals surface area (Å²) in [6.07, 6.45) is 3.77. The second kappa shape index (κ2) is 3.93. The van der Waals surface area contributed by atoms with Crippen LogP contribution in [0.15, 0.2) is 36.8 Å². The minimum absolute atomic E-state index is 0.232. The number of aromatic amines is 1. The fourth-order valence-electron chi connectivity index (χ4n) is 1.69. The summed E-state index contributed by atoms with van der Waals surface area (Å²) in [5.74, 6) is 0.566. The van der Waals surface area contributed by atoms with Crippen molar-refractivity contribution in [2.24, 2.45) is 0 Å². The topological polar surface area (TPSA) is 54.5 Å². The lowest BCUT2D eigenvalue weighted by atomic mass is 10.1. The maximum Gasteiger partial charge on any atom is 0.180 e. The van der Waals surface area contributed by atoms with Crippen LogP contribution in [0.5, 0.6) is 0 Å². The molecule has 0 fully saturated rings. The molecule has 0 bridgehead atoms. The minimum atomic E-state index is -0.232. The van der Waals surface area contributed by atoms with Gasteiger partial charge < -0.3 is 4.98 Å². The van der Waals surface area contributed by atoms with Crippen molar-refractivity contribution in [3.05, 3.63) is 54.0 Å². The van der Waals surface area contributed by atoms with E-state index >= 15 is 0 Å². The van der Waals surface area contributed by atoms with Crippen molar-refractivity contribution in [2.75, 3.05) is 0 Å². The first kappa shape index (κ1) is 9.89. The number of hydrogen-bond donors (Lipinski definition) is 1. The molecule has 3 aromatic rings. The predicted octanol–water partition coefficient (Wildman–Crippen LogP) is 2.08. The van der Waals surface area contributed by atoms with Gasteiger partial charge in [-0.05, 0) is 17.7 Å². The Morgan fingerprint density at radius 2 is 2.00 bits per heavy atom. The third-order valence-electron chi connectivity index (χ3n) is 2.50. The highest BCUT2D eigenvalue weighted by atomic mass is 19.1. The number of fused-ring (bicyclic) bond motifs is 1. The molecule has 3 rings (SSSR count). The summed E-state index contributed by atoms with van der Waals surface area (Å²) in [6.45, 7) is 0. The molecule has 1 N–H and O–H groups in total. The maximum absolute atomic E-state index is 12.8. The highest BCUT2D eigenvalue weighted by Crippen LogP contribution is 2.11. The van der Waals surface area contributed by atoms with Crippen molar-refractivity contribution >= 4 is 11.2 Å². The number of halogens is 1. The lowest BCUT2D eigenvalue weighted by Gasteiger charge is -1.97. The fourth-order valence-corrected chi connectivity index (χ4v) is 1.69. The molecule has 2 aromatic heterocycles. The zero-order chi connectivity index (χ0) is 11.7. The normalized spacial score (nSPS) is 10.9. The molecule has 0 aliphatic rings. The second-order valence-electron chi connectivity index (χ2n) is 3.75. The van der Waals surface area contributed by atoms with Crippen molar-refractivity contribution in [1.82, 2.24) is 19.9 Å². The Morgan fingerprint density at radius 1 is 1.18 bits per heavy atom. The summed E-state index contributed by atoms with van der Waals surface area (Å²) in [6, 6.07) is 6.37. The fraction of sp³-hybridized carbons (Fsp3) is 0.0833. The summed E-state index contributed by atoms with van der Waals surface area (Å²) in [4.78, 5) is 15.4. The molecule has 0 saturated carbocycles. The van der Waals surface area contributed by atoms with Crippen LogP contribution in [0.1, 0.15) is 11.4 Å². The van der Waals surface area contributed by atoms with E-state index in [-0.39, 0.29) is 5.82 Å². The smallest absolute Gasteiger partial charge is 0.180 e. The molecular weight excluding hydrogens is 219 g/mol. The summed E-state index contributed by atoms with van der Waals surface area (Å²) >= 11 is 0. The van der Waals surface area contributed by atoms with Gasteiger partial charge in [0.2, 0.25) is 0 Å². The zero-order valence-electron chi connectivity index (χ0n) is 8.89. The van der Waals surface area contributed by atoms with Crippen LogP contribution in [0.25, 0.3) is 11.2 Å². The van der Waals surface area contributed by atoms with E-state index in [0.29, 0.717) is 12.1 Å². The van der Waals surface area contributed by atoms with Gasteiger partial charge in [-0.15, -0.1) is 0 Å². The lowest BCUT2D eigenvalue weighted by Crippen LogP contribution is -1.90. The summed E-state index contributed by atoms with van der Waals surface area (Å²) in [7, 11) is 0. The molecule has 4 nitrogen and oxygen atoms in total. The van der Waals surface area contributed by atoms with E-state index in [1.54, 1.807) is 18.3 Å². The van der Waals surface area contributed by atoms with Gasteiger partial charge >= 0.3 is 0 Å². The Bertz CT molecular complexity index is 612. The van der Waals surface area contributed by atoms with Gasteiger partial charge in [0.05, 0.1) is 6.20 Å². The highest BCUT2D eigenvalue weighted by Gasteiger charge is 2.04. The van der Waals surface area contributed by atoms with Crippen LogP contribution in [0.3, 0.4) is 0 Å². The molecule has 0 unspecified atom stereocenters. The molecule has 84 valence electrons. The molecule has 0 spiro atoms. The standard InChI is InChI=1S/C12H9FN4/c13-9-3-1-8(2-4-9)5-11-16-10-6-14-7-15-12(10)17-11/h1-4,6-7H,5H2,(H,14,15,16,17). The molecule has 17 heavy (non-hydrogen) atoms. The van der Waals surface area contributed by atoms with Crippen LogP contribution in [0, 0.1) is 5.82 Å². The van der Waals surface area contributed by atoms with Gasteiger partial charge in [0.25, 0.3) is 0 Å². The summed E-state index contributed by atoms with van der Waals surface area (Å²) < 4.78 is 12.8. The van der Waals surface area contributed by atoms with Crippen LogP contribution in [0.4, 0.5) is 4.39 Å². The van der Waals surface area contributed by atoms with Gasteiger partial charge in [-0.3, -0.25) is 0 Å². The van der Waals surface area contributed by atoms with Gasteiger partial charge in [-0.1, -0.05) is 12.1 Å². The van der Waals surface area contributed by atoms with E-state index in [9.17, 15) is 4.39 Å². The molecule has 0 radical (unpaired) electrons. The Hall–Kier alpha value is -2.30. The van der Waals surface area contributed by atoms with Crippen molar-refractivity contribution in [2.45, 2.75) is 6.42 Å². The van der Waals surface area contributed by atoms with Crippen LogP contribution in [-0.4, -0.2) is 19.9 Å². The molecule has 0 aliphatic heterocycles. The molecule has 0 atom stereocenters. The van der Waals surface area contributed by atoms with E-state index in [2.05, 4.69) is 19.9 Å². The van der Waals surface area contributed by atoms with Crippen LogP contribution in [-0.2, 0) is 6.42 Å². The van der Waals surface area contributed by atoms with Crippen LogP contribution in [0.2, 0.25) is 0 Å². The number of benzene rings is 1. The molecule has 1 aromatic carbocycles. The van der Waals surface area contributed by atoms with Crippen LogP contribution >= 0.6 is 0 Å². The first-order valence-electron chi connectivity index (χ1n) is 5.20. The number of hydrogen-bond acceptors (Lipinski definition) is 3. The Balaban J connectivity index is 1.92. The van der Waals surface area contributed by atoms with Crippen molar-refractivity contribution < 1.29 is 4.39 Å². The van der Waals surface area contributed by atoms with Crippen molar-refractivity contribution in [3.63, 3.8) is 0 Å². The number of aromatic nitrogens is 4. The zero-order valence-corrected chi connectivity index (χ0v) is 8.89. The van der Waals surface area contributed by atoms with E-state index < -0.39 is 0 Å². The Morgan fingerprint density at radius 3 is 2.76 bits per heavy atom. The molecule has 0 amide bonds. The van der Waals surface area contributed by atoms with E-state index in [1.807, 2.05) is 0 Å². The number of nitrogens with one attached hydrogen (secondary N) is 1. The SMILES string of the molecule is Fc1ccc(Cc2nc3ncncc3[nH]2)cc1. The second-order valence-corrected chi connectivity index (χ2v) is 3.75. The van der Waals surface area contributed by atoms with E-state index in [4.69, 9.17) is 0 Å². The van der Waals surface area contributed by atoms with Gasteiger partial charge in [-0.2, -0.15) is 0 Å². The van der Waals surface area contributed by atoms with Gasteiger partial charge in [0.15, 0.2) is 5.65 Å². The third kappa shape index (κ3) is 1.99. The molecule has 0 aliphatic carbocycles. The number of rotatable bonds is 2. The number of nitrogens with zero attached hydrogens (tertiary/aromatic N) is 3. The lowest BCUT2D eigenvalue weighted by molar-refractivity contribution is 0.627. The van der Waals surface area contributed by atoms with Gasteiger partial charge in [0.1, 0.15) is 23.5 Å². The van der Waals surface area contributed by atoms with Gasteiger partial charge in [-0.25, -0.2) is 19.3 Å². The van der Waals surface area contributed by atoms with Crippen LogP contribution < -0.4 is 0 Å².